The fourth-order valence-electron chi connectivity index (χ4n) is 1.90. The first-order valence-corrected chi connectivity index (χ1v) is 5.52. The molecule has 0 heterocycles. The molecule has 1 amide bonds. The summed E-state index contributed by atoms with van der Waals surface area (Å²) in [6.07, 6.45) is -1.01. The van der Waals surface area contributed by atoms with E-state index >= 15 is 0 Å². The highest BCUT2D eigenvalue weighted by Gasteiger charge is 2.31. The van der Waals surface area contributed by atoms with E-state index < -0.39 is 18.9 Å². The molecule has 0 aromatic heterocycles. The zero-order chi connectivity index (χ0) is 12.9. The number of alkyl halides is 3. The van der Waals surface area contributed by atoms with Crippen LogP contribution in [0.2, 0.25) is 0 Å². The van der Waals surface area contributed by atoms with Crippen LogP contribution >= 0.6 is 0 Å². The Morgan fingerprint density at radius 2 is 2.18 bits per heavy atom. The Morgan fingerprint density at radius 3 is 2.76 bits per heavy atom. The third kappa shape index (κ3) is 5.72. The second-order valence-electron chi connectivity index (χ2n) is 4.12. The highest BCUT2D eigenvalue weighted by atomic mass is 19.4. The molecule has 1 aliphatic rings. The van der Waals surface area contributed by atoms with E-state index in [4.69, 9.17) is 4.74 Å². The zero-order valence-electron chi connectivity index (χ0n) is 9.43. The van der Waals surface area contributed by atoms with Crippen molar-refractivity contribution in [2.24, 2.45) is 0 Å². The van der Waals surface area contributed by atoms with Gasteiger partial charge in [0.1, 0.15) is 6.61 Å². The van der Waals surface area contributed by atoms with Gasteiger partial charge in [-0.2, -0.15) is 13.2 Å². The Labute approximate surface area is 98.0 Å². The number of carbonyl (C=O) groups excluding carboxylic acids is 1. The molecule has 1 rings (SSSR count). The van der Waals surface area contributed by atoms with E-state index in [1.165, 1.54) is 0 Å². The number of nitrogens with one attached hydrogen (secondary N) is 1. The van der Waals surface area contributed by atoms with Crippen LogP contribution < -0.4 is 5.32 Å². The Hall–Kier alpha value is -1.04. The first kappa shape index (κ1) is 14.0. The summed E-state index contributed by atoms with van der Waals surface area (Å²) in [6, 6.07) is -0.118. The molecule has 3 nitrogen and oxygen atoms in total. The van der Waals surface area contributed by atoms with Crippen molar-refractivity contribution in [2.45, 2.75) is 44.0 Å². The van der Waals surface area contributed by atoms with Crippen molar-refractivity contribution in [2.75, 3.05) is 6.61 Å². The van der Waals surface area contributed by atoms with Crippen LogP contribution in [-0.2, 0) is 9.53 Å². The lowest BCUT2D eigenvalue weighted by Crippen LogP contribution is -2.40. The average Bonchev–Trinajstić information content (AvgIpc) is 2.26. The van der Waals surface area contributed by atoms with Crippen molar-refractivity contribution >= 4 is 5.91 Å². The molecule has 17 heavy (non-hydrogen) atoms. The van der Waals surface area contributed by atoms with Gasteiger partial charge in [0.05, 0.1) is 6.10 Å². The van der Waals surface area contributed by atoms with Gasteiger partial charge in [0.25, 0.3) is 0 Å². The van der Waals surface area contributed by atoms with Crippen LogP contribution in [-0.4, -0.2) is 30.8 Å². The van der Waals surface area contributed by atoms with Crippen LogP contribution in [0.1, 0.15) is 25.7 Å². The summed E-state index contributed by atoms with van der Waals surface area (Å²) >= 11 is 0. The summed E-state index contributed by atoms with van der Waals surface area (Å²) in [6.45, 7) is 2.10. The highest BCUT2D eigenvalue weighted by Crippen LogP contribution is 2.24. The van der Waals surface area contributed by atoms with Gasteiger partial charge in [0, 0.05) is 6.04 Å². The van der Waals surface area contributed by atoms with E-state index in [-0.39, 0.29) is 11.9 Å². The second-order valence-corrected chi connectivity index (χ2v) is 4.12. The summed E-state index contributed by atoms with van der Waals surface area (Å²) in [7, 11) is 0. The fourth-order valence-corrected chi connectivity index (χ4v) is 1.90. The van der Waals surface area contributed by atoms with Crippen LogP contribution in [0.3, 0.4) is 0 Å². The molecule has 6 heteroatoms. The number of halogens is 3. The molecule has 0 aromatic rings. The SMILES string of the molecule is C=CC(=O)NC1CCCC(OCC(F)(F)F)C1. The lowest BCUT2D eigenvalue weighted by Gasteiger charge is -2.29. The molecular formula is C11H16F3NO2. The lowest BCUT2D eigenvalue weighted by atomic mass is 9.93. The molecule has 0 bridgehead atoms. The smallest absolute Gasteiger partial charge is 0.369 e. The van der Waals surface area contributed by atoms with Crippen LogP contribution in [0, 0.1) is 0 Å². The van der Waals surface area contributed by atoms with Gasteiger partial charge < -0.3 is 10.1 Å². The summed E-state index contributed by atoms with van der Waals surface area (Å²) < 4.78 is 40.7. The standard InChI is InChI=1S/C11H16F3NO2/c1-2-10(16)15-8-4-3-5-9(6-8)17-7-11(12,13)14/h2,8-9H,1,3-7H2,(H,15,16). The molecule has 1 aliphatic carbocycles. The van der Waals surface area contributed by atoms with Crippen LogP contribution in [0.15, 0.2) is 12.7 Å². The summed E-state index contributed by atoms with van der Waals surface area (Å²) in [4.78, 5) is 11.1. The topological polar surface area (TPSA) is 38.3 Å². The van der Waals surface area contributed by atoms with E-state index in [9.17, 15) is 18.0 Å². The molecule has 2 unspecified atom stereocenters. The van der Waals surface area contributed by atoms with Gasteiger partial charge >= 0.3 is 6.18 Å². The van der Waals surface area contributed by atoms with Gasteiger partial charge in [-0.05, 0) is 31.8 Å². The van der Waals surface area contributed by atoms with Crippen LogP contribution in [0.25, 0.3) is 0 Å². The third-order valence-corrected chi connectivity index (χ3v) is 2.64. The monoisotopic (exact) mass is 251 g/mol. The maximum Gasteiger partial charge on any atom is 0.411 e. The minimum atomic E-state index is -4.29. The number of hydrogen-bond acceptors (Lipinski definition) is 2. The van der Waals surface area contributed by atoms with Crippen LogP contribution in [0.5, 0.6) is 0 Å². The van der Waals surface area contributed by atoms with Gasteiger partial charge in [-0.15, -0.1) is 0 Å². The molecule has 0 saturated heterocycles. The van der Waals surface area contributed by atoms with E-state index in [0.29, 0.717) is 12.8 Å². The largest absolute Gasteiger partial charge is 0.411 e. The minimum absolute atomic E-state index is 0.118. The highest BCUT2D eigenvalue weighted by molar-refractivity contribution is 5.87. The van der Waals surface area contributed by atoms with E-state index in [1.54, 1.807) is 0 Å². The van der Waals surface area contributed by atoms with Crippen molar-refractivity contribution in [1.29, 1.82) is 0 Å². The molecule has 2 atom stereocenters. The Morgan fingerprint density at radius 1 is 1.47 bits per heavy atom. The summed E-state index contributed by atoms with van der Waals surface area (Å²) in [5.41, 5.74) is 0. The zero-order valence-corrected chi connectivity index (χ0v) is 9.43. The van der Waals surface area contributed by atoms with Crippen molar-refractivity contribution in [1.82, 2.24) is 5.32 Å². The van der Waals surface area contributed by atoms with Gasteiger partial charge in [-0.1, -0.05) is 6.58 Å². The second kappa shape index (κ2) is 6.05. The Kier molecular flexibility index (Phi) is 4.99. The van der Waals surface area contributed by atoms with E-state index in [2.05, 4.69) is 11.9 Å². The van der Waals surface area contributed by atoms with E-state index in [0.717, 1.165) is 18.9 Å². The van der Waals surface area contributed by atoms with Gasteiger partial charge in [-0.25, -0.2) is 0 Å². The number of ether oxygens (including phenoxy) is 1. The predicted octanol–water partition coefficient (Wildman–Crippen LogP) is 2.18. The first-order valence-electron chi connectivity index (χ1n) is 5.52. The van der Waals surface area contributed by atoms with Crippen LogP contribution in [0.4, 0.5) is 13.2 Å². The lowest BCUT2D eigenvalue weighted by molar-refractivity contribution is -0.188. The molecule has 0 aliphatic heterocycles. The number of amides is 1. The van der Waals surface area contributed by atoms with E-state index in [1.807, 2.05) is 0 Å². The normalized spacial score (nSPS) is 25.4. The molecule has 0 radical (unpaired) electrons. The fraction of sp³-hybridized carbons (Fsp3) is 0.727. The molecular weight excluding hydrogens is 235 g/mol. The Balaban J connectivity index is 2.33. The Bertz CT molecular complexity index is 278. The average molecular weight is 251 g/mol. The van der Waals surface area contributed by atoms with Gasteiger partial charge in [-0.3, -0.25) is 4.79 Å². The number of hydrogen-bond donors (Lipinski definition) is 1. The van der Waals surface area contributed by atoms with Crippen molar-refractivity contribution in [3.8, 4) is 0 Å². The van der Waals surface area contributed by atoms with Crippen molar-refractivity contribution < 1.29 is 22.7 Å². The van der Waals surface area contributed by atoms with Crippen molar-refractivity contribution in [3.05, 3.63) is 12.7 Å². The summed E-state index contributed by atoms with van der Waals surface area (Å²) in [5, 5.41) is 2.68. The number of rotatable bonds is 4. The molecule has 0 spiro atoms. The minimum Gasteiger partial charge on any atom is -0.369 e. The predicted molar refractivity (Wildman–Crippen MR) is 56.4 cm³/mol. The molecule has 1 saturated carbocycles. The van der Waals surface area contributed by atoms with Gasteiger partial charge in [0.15, 0.2) is 0 Å². The quantitative estimate of drug-likeness (QED) is 0.778. The first-order chi connectivity index (χ1) is 7.90. The molecule has 98 valence electrons. The maximum atomic E-state index is 12.0. The summed E-state index contributed by atoms with van der Waals surface area (Å²) in [5.74, 6) is -0.300. The van der Waals surface area contributed by atoms with Crippen molar-refractivity contribution in [3.63, 3.8) is 0 Å². The third-order valence-electron chi connectivity index (χ3n) is 2.64. The molecule has 1 fully saturated rings. The number of carbonyl (C=O) groups is 1. The van der Waals surface area contributed by atoms with Gasteiger partial charge in [0.2, 0.25) is 5.91 Å². The maximum absolute atomic E-state index is 12.0. The molecule has 0 aromatic carbocycles. The molecule has 1 N–H and O–H groups in total.